The molecular weight excluding hydrogens is 226 g/mol. The first kappa shape index (κ1) is 15.3. The molecule has 4 heteroatoms. The van der Waals surface area contributed by atoms with Crippen LogP contribution in [0.5, 0.6) is 0 Å². The van der Waals surface area contributed by atoms with Crippen molar-refractivity contribution in [2.75, 3.05) is 33.4 Å². The summed E-state index contributed by atoms with van der Waals surface area (Å²) in [5.41, 5.74) is 0.417. The van der Waals surface area contributed by atoms with Crippen LogP contribution in [-0.2, 0) is 4.74 Å². The minimum atomic E-state index is 0.417. The standard InChI is InChI=1S/C14H29N3O/c1-4-16-13(15-3)17-12-14(8-6-7-9-14)10-11-18-5-2/h4-12H2,1-3H3,(H2,15,16,17). The molecular formula is C14H29N3O. The largest absolute Gasteiger partial charge is 0.382 e. The van der Waals surface area contributed by atoms with Crippen LogP contribution >= 0.6 is 0 Å². The van der Waals surface area contributed by atoms with Gasteiger partial charge in [-0.05, 0) is 38.5 Å². The Hall–Kier alpha value is -0.770. The van der Waals surface area contributed by atoms with Crippen LogP contribution in [0.1, 0.15) is 46.0 Å². The summed E-state index contributed by atoms with van der Waals surface area (Å²) in [5, 5.41) is 6.71. The average molecular weight is 255 g/mol. The highest BCUT2D eigenvalue weighted by Gasteiger charge is 2.33. The Labute approximate surface area is 112 Å². The van der Waals surface area contributed by atoms with Crippen molar-refractivity contribution in [3.05, 3.63) is 0 Å². The first-order valence-corrected chi connectivity index (χ1v) is 7.28. The van der Waals surface area contributed by atoms with E-state index in [0.29, 0.717) is 5.41 Å². The number of guanidine groups is 1. The molecule has 106 valence electrons. The van der Waals surface area contributed by atoms with Gasteiger partial charge in [-0.2, -0.15) is 0 Å². The summed E-state index contributed by atoms with van der Waals surface area (Å²) in [5.74, 6) is 0.917. The third-order valence-electron chi connectivity index (χ3n) is 3.84. The number of rotatable bonds is 7. The second kappa shape index (κ2) is 8.35. The maximum absolute atomic E-state index is 5.53. The Morgan fingerprint density at radius 3 is 2.50 bits per heavy atom. The van der Waals surface area contributed by atoms with Crippen molar-refractivity contribution in [3.63, 3.8) is 0 Å². The van der Waals surface area contributed by atoms with Gasteiger partial charge in [0.1, 0.15) is 0 Å². The molecule has 0 saturated heterocycles. The maximum Gasteiger partial charge on any atom is 0.190 e. The molecule has 0 aromatic carbocycles. The third-order valence-corrected chi connectivity index (χ3v) is 3.84. The summed E-state index contributed by atoms with van der Waals surface area (Å²) >= 11 is 0. The lowest BCUT2D eigenvalue weighted by molar-refractivity contribution is 0.105. The molecule has 0 spiro atoms. The van der Waals surface area contributed by atoms with E-state index in [1.807, 2.05) is 7.05 Å². The molecule has 0 unspecified atom stereocenters. The van der Waals surface area contributed by atoms with Gasteiger partial charge in [-0.15, -0.1) is 0 Å². The van der Waals surface area contributed by atoms with Crippen LogP contribution in [0.25, 0.3) is 0 Å². The Morgan fingerprint density at radius 1 is 1.22 bits per heavy atom. The minimum absolute atomic E-state index is 0.417. The number of ether oxygens (including phenoxy) is 1. The van der Waals surface area contributed by atoms with Crippen molar-refractivity contribution in [3.8, 4) is 0 Å². The van der Waals surface area contributed by atoms with Gasteiger partial charge in [0.05, 0.1) is 0 Å². The number of aliphatic imine (C=N–C) groups is 1. The van der Waals surface area contributed by atoms with E-state index in [4.69, 9.17) is 4.74 Å². The Bertz CT molecular complexity index is 247. The summed E-state index contributed by atoms with van der Waals surface area (Å²) in [6.07, 6.45) is 6.50. The maximum atomic E-state index is 5.53. The summed E-state index contributed by atoms with van der Waals surface area (Å²) in [6, 6.07) is 0. The highest BCUT2D eigenvalue weighted by atomic mass is 16.5. The lowest BCUT2D eigenvalue weighted by Gasteiger charge is -2.30. The van der Waals surface area contributed by atoms with E-state index in [-0.39, 0.29) is 0 Å². The monoisotopic (exact) mass is 255 g/mol. The normalized spacial score (nSPS) is 18.9. The van der Waals surface area contributed by atoms with Gasteiger partial charge >= 0.3 is 0 Å². The molecule has 1 aliphatic carbocycles. The quantitative estimate of drug-likeness (QED) is 0.416. The molecule has 4 nitrogen and oxygen atoms in total. The van der Waals surface area contributed by atoms with Crippen LogP contribution in [0.2, 0.25) is 0 Å². The molecule has 0 aromatic rings. The van der Waals surface area contributed by atoms with Crippen molar-refractivity contribution in [1.82, 2.24) is 10.6 Å². The van der Waals surface area contributed by atoms with Crippen LogP contribution in [-0.4, -0.2) is 39.3 Å². The van der Waals surface area contributed by atoms with Crippen LogP contribution in [0.15, 0.2) is 4.99 Å². The predicted octanol–water partition coefficient (Wildman–Crippen LogP) is 2.16. The van der Waals surface area contributed by atoms with Gasteiger partial charge < -0.3 is 15.4 Å². The van der Waals surface area contributed by atoms with E-state index in [0.717, 1.165) is 38.7 Å². The molecule has 0 aromatic heterocycles. The van der Waals surface area contributed by atoms with Crippen LogP contribution in [0.3, 0.4) is 0 Å². The Balaban J connectivity index is 2.41. The lowest BCUT2D eigenvalue weighted by Crippen LogP contribution is -2.43. The molecule has 2 N–H and O–H groups in total. The predicted molar refractivity (Wildman–Crippen MR) is 77.0 cm³/mol. The van der Waals surface area contributed by atoms with Gasteiger partial charge in [-0.1, -0.05) is 12.8 Å². The zero-order valence-corrected chi connectivity index (χ0v) is 12.2. The second-order valence-corrected chi connectivity index (χ2v) is 5.11. The van der Waals surface area contributed by atoms with Gasteiger partial charge in [0.2, 0.25) is 0 Å². The molecule has 1 saturated carbocycles. The van der Waals surface area contributed by atoms with E-state index in [1.165, 1.54) is 25.7 Å². The zero-order valence-electron chi connectivity index (χ0n) is 12.2. The average Bonchev–Trinajstić information content (AvgIpc) is 2.84. The molecule has 0 aliphatic heterocycles. The fourth-order valence-corrected chi connectivity index (χ4v) is 2.73. The fourth-order valence-electron chi connectivity index (χ4n) is 2.73. The zero-order chi connectivity index (χ0) is 13.3. The van der Waals surface area contributed by atoms with E-state index >= 15 is 0 Å². The van der Waals surface area contributed by atoms with Crippen LogP contribution < -0.4 is 10.6 Å². The highest BCUT2D eigenvalue weighted by Crippen LogP contribution is 2.40. The van der Waals surface area contributed by atoms with E-state index < -0.39 is 0 Å². The molecule has 0 atom stereocenters. The van der Waals surface area contributed by atoms with Crippen LogP contribution in [0.4, 0.5) is 0 Å². The second-order valence-electron chi connectivity index (χ2n) is 5.11. The molecule has 18 heavy (non-hydrogen) atoms. The first-order valence-electron chi connectivity index (χ1n) is 7.28. The van der Waals surface area contributed by atoms with Gasteiger partial charge in [-0.25, -0.2) is 0 Å². The highest BCUT2D eigenvalue weighted by molar-refractivity contribution is 5.79. The topological polar surface area (TPSA) is 45.7 Å². The molecule has 0 amide bonds. The summed E-state index contributed by atoms with van der Waals surface area (Å²) in [7, 11) is 1.83. The van der Waals surface area contributed by atoms with E-state index in [1.54, 1.807) is 0 Å². The molecule has 0 bridgehead atoms. The minimum Gasteiger partial charge on any atom is -0.382 e. The smallest absolute Gasteiger partial charge is 0.190 e. The molecule has 0 heterocycles. The number of nitrogens with zero attached hydrogens (tertiary/aromatic N) is 1. The van der Waals surface area contributed by atoms with E-state index in [9.17, 15) is 0 Å². The number of nitrogens with one attached hydrogen (secondary N) is 2. The Morgan fingerprint density at radius 2 is 1.94 bits per heavy atom. The molecule has 0 radical (unpaired) electrons. The summed E-state index contributed by atoms with van der Waals surface area (Å²) < 4.78 is 5.53. The van der Waals surface area contributed by atoms with Crippen molar-refractivity contribution in [2.24, 2.45) is 10.4 Å². The fraction of sp³-hybridized carbons (Fsp3) is 0.929. The Kier molecular flexibility index (Phi) is 7.09. The number of hydrogen-bond donors (Lipinski definition) is 2. The summed E-state index contributed by atoms with van der Waals surface area (Å²) in [6.45, 7) is 7.78. The van der Waals surface area contributed by atoms with Gasteiger partial charge in [0, 0.05) is 33.4 Å². The first-order chi connectivity index (χ1) is 8.76. The SMILES string of the molecule is CCNC(=NC)NCC1(CCOCC)CCCC1. The van der Waals surface area contributed by atoms with E-state index in [2.05, 4.69) is 29.5 Å². The van der Waals surface area contributed by atoms with Gasteiger partial charge in [0.15, 0.2) is 5.96 Å². The van der Waals surface area contributed by atoms with Crippen molar-refractivity contribution in [1.29, 1.82) is 0 Å². The number of hydrogen-bond acceptors (Lipinski definition) is 2. The third kappa shape index (κ3) is 4.84. The van der Waals surface area contributed by atoms with Crippen LogP contribution in [0, 0.1) is 5.41 Å². The molecule has 1 fully saturated rings. The van der Waals surface area contributed by atoms with Crippen molar-refractivity contribution < 1.29 is 4.74 Å². The molecule has 1 aliphatic rings. The summed E-state index contributed by atoms with van der Waals surface area (Å²) in [4.78, 5) is 4.23. The van der Waals surface area contributed by atoms with Gasteiger partial charge in [0.25, 0.3) is 0 Å². The lowest BCUT2D eigenvalue weighted by atomic mass is 9.83. The van der Waals surface area contributed by atoms with Crippen molar-refractivity contribution in [2.45, 2.75) is 46.0 Å². The van der Waals surface area contributed by atoms with Crippen molar-refractivity contribution >= 4 is 5.96 Å². The molecule has 1 rings (SSSR count). The van der Waals surface area contributed by atoms with Gasteiger partial charge in [-0.3, -0.25) is 4.99 Å².